The number of nitrogens with one attached hydrogen (secondary N) is 2. The van der Waals surface area contributed by atoms with E-state index in [0.717, 1.165) is 0 Å². The van der Waals surface area contributed by atoms with E-state index < -0.39 is 0 Å². The summed E-state index contributed by atoms with van der Waals surface area (Å²) in [5, 5.41) is 0. The van der Waals surface area contributed by atoms with Crippen molar-refractivity contribution in [3.63, 3.8) is 0 Å². The molecule has 0 aliphatic carbocycles. The average molecular weight is 165 g/mol. The van der Waals surface area contributed by atoms with Gasteiger partial charge in [0.05, 0.1) is 6.04 Å². The van der Waals surface area contributed by atoms with Gasteiger partial charge in [-0.2, -0.15) is 0 Å². The van der Waals surface area contributed by atoms with Crippen LogP contribution in [0.2, 0.25) is 0 Å². The molecule has 1 aromatic carbocycles. The summed E-state index contributed by atoms with van der Waals surface area (Å²) in [6.07, 6.45) is 0. The normalized spacial score (nSPS) is 12.8. The van der Waals surface area contributed by atoms with Crippen LogP contribution in [0, 0.1) is 0 Å². The van der Waals surface area contributed by atoms with Gasteiger partial charge in [0.1, 0.15) is 0 Å². The Balaban J connectivity index is 2.66. The first-order valence-electron chi connectivity index (χ1n) is 4.05. The van der Waals surface area contributed by atoms with E-state index >= 15 is 0 Å². The zero-order valence-corrected chi connectivity index (χ0v) is 7.25. The first kappa shape index (κ1) is 9.19. The Morgan fingerprint density at radius 1 is 1.33 bits per heavy atom. The van der Waals surface area contributed by atoms with Crippen LogP contribution in [0.5, 0.6) is 0 Å². The molecule has 0 amide bonds. The number of hydrogen-bond acceptors (Lipinski definition) is 3. The van der Waals surface area contributed by atoms with Crippen LogP contribution in [0.4, 0.5) is 0 Å². The summed E-state index contributed by atoms with van der Waals surface area (Å²) in [4.78, 5) is 0. The van der Waals surface area contributed by atoms with Gasteiger partial charge in [0.2, 0.25) is 0 Å². The van der Waals surface area contributed by atoms with Crippen molar-refractivity contribution in [2.45, 2.75) is 6.04 Å². The van der Waals surface area contributed by atoms with Gasteiger partial charge in [0.15, 0.2) is 0 Å². The van der Waals surface area contributed by atoms with Crippen molar-refractivity contribution in [1.82, 2.24) is 10.9 Å². The molecule has 0 aliphatic heterocycles. The Labute approximate surface area is 72.9 Å². The highest BCUT2D eigenvalue weighted by molar-refractivity contribution is 5.18. The molecule has 1 rings (SSSR count). The fourth-order valence-corrected chi connectivity index (χ4v) is 1.14. The standard InChI is InChI=1S/C9H15N3/c1-11-12-9(7-10)8-5-3-2-4-6-8/h2-6,9,11-12H,7,10H2,1H3/t9-/m1/s1. The third kappa shape index (κ3) is 2.30. The second kappa shape index (κ2) is 4.87. The SMILES string of the molecule is CNN[C@H](CN)c1ccccc1. The summed E-state index contributed by atoms with van der Waals surface area (Å²) in [5.41, 5.74) is 12.8. The molecule has 3 nitrogen and oxygen atoms in total. The molecule has 0 aliphatic rings. The predicted octanol–water partition coefficient (Wildman–Crippen LogP) is 0.410. The average Bonchev–Trinajstić information content (AvgIpc) is 2.15. The van der Waals surface area contributed by atoms with E-state index in [0.29, 0.717) is 6.54 Å². The molecule has 1 atom stereocenters. The molecule has 1 aromatic rings. The Morgan fingerprint density at radius 2 is 2.00 bits per heavy atom. The number of rotatable bonds is 4. The molecule has 0 saturated heterocycles. The number of hydrogen-bond donors (Lipinski definition) is 3. The third-order valence-electron chi connectivity index (χ3n) is 1.76. The van der Waals surface area contributed by atoms with Crippen LogP contribution in [-0.2, 0) is 0 Å². The molecule has 0 unspecified atom stereocenters. The van der Waals surface area contributed by atoms with Gasteiger partial charge in [0.25, 0.3) is 0 Å². The largest absolute Gasteiger partial charge is 0.329 e. The summed E-state index contributed by atoms with van der Waals surface area (Å²) >= 11 is 0. The fraction of sp³-hybridized carbons (Fsp3) is 0.333. The molecular weight excluding hydrogens is 150 g/mol. The molecule has 0 fully saturated rings. The molecule has 0 spiro atoms. The second-order valence-electron chi connectivity index (χ2n) is 2.59. The van der Waals surface area contributed by atoms with Gasteiger partial charge >= 0.3 is 0 Å². The van der Waals surface area contributed by atoms with Gasteiger partial charge in [-0.25, -0.2) is 5.43 Å². The summed E-state index contributed by atoms with van der Waals surface area (Å²) < 4.78 is 0. The van der Waals surface area contributed by atoms with Crippen molar-refractivity contribution in [2.75, 3.05) is 13.6 Å². The van der Waals surface area contributed by atoms with Crippen LogP contribution >= 0.6 is 0 Å². The van der Waals surface area contributed by atoms with Crippen molar-refractivity contribution in [1.29, 1.82) is 0 Å². The maximum Gasteiger partial charge on any atom is 0.0584 e. The van der Waals surface area contributed by atoms with Crippen LogP contribution < -0.4 is 16.6 Å². The molecule has 4 N–H and O–H groups in total. The minimum Gasteiger partial charge on any atom is -0.329 e. The van der Waals surface area contributed by atoms with Gasteiger partial charge in [-0.05, 0) is 12.6 Å². The lowest BCUT2D eigenvalue weighted by atomic mass is 10.1. The number of benzene rings is 1. The minimum atomic E-state index is 0.191. The summed E-state index contributed by atoms with van der Waals surface area (Å²) in [7, 11) is 1.84. The molecule has 0 heterocycles. The van der Waals surface area contributed by atoms with Gasteiger partial charge in [-0.1, -0.05) is 30.3 Å². The molecule has 12 heavy (non-hydrogen) atoms. The van der Waals surface area contributed by atoms with Crippen molar-refractivity contribution in [2.24, 2.45) is 5.73 Å². The van der Waals surface area contributed by atoms with Crippen LogP contribution in [0.25, 0.3) is 0 Å². The molecule has 0 saturated carbocycles. The van der Waals surface area contributed by atoms with E-state index in [-0.39, 0.29) is 6.04 Å². The molecule has 66 valence electrons. The Morgan fingerprint density at radius 3 is 2.50 bits per heavy atom. The molecular formula is C9H15N3. The lowest BCUT2D eigenvalue weighted by Gasteiger charge is -2.15. The molecule has 0 aromatic heterocycles. The Kier molecular flexibility index (Phi) is 3.73. The number of nitrogens with two attached hydrogens (primary N) is 1. The van der Waals surface area contributed by atoms with E-state index in [1.54, 1.807) is 0 Å². The van der Waals surface area contributed by atoms with Crippen molar-refractivity contribution in [3.05, 3.63) is 35.9 Å². The van der Waals surface area contributed by atoms with E-state index in [1.807, 2.05) is 25.2 Å². The zero-order chi connectivity index (χ0) is 8.81. The monoisotopic (exact) mass is 165 g/mol. The highest BCUT2D eigenvalue weighted by Gasteiger charge is 2.05. The highest BCUT2D eigenvalue weighted by atomic mass is 15.4. The van der Waals surface area contributed by atoms with Gasteiger partial charge in [0, 0.05) is 6.54 Å². The van der Waals surface area contributed by atoms with Gasteiger partial charge in [-0.3, -0.25) is 5.43 Å². The van der Waals surface area contributed by atoms with Crippen LogP contribution in [0.1, 0.15) is 11.6 Å². The lowest BCUT2D eigenvalue weighted by Crippen LogP contribution is -2.36. The predicted molar refractivity (Wildman–Crippen MR) is 50.4 cm³/mol. The highest BCUT2D eigenvalue weighted by Crippen LogP contribution is 2.08. The Bertz CT molecular complexity index is 210. The van der Waals surface area contributed by atoms with Crippen molar-refractivity contribution < 1.29 is 0 Å². The maximum atomic E-state index is 5.59. The third-order valence-corrected chi connectivity index (χ3v) is 1.76. The first-order valence-corrected chi connectivity index (χ1v) is 4.05. The fourth-order valence-electron chi connectivity index (χ4n) is 1.14. The van der Waals surface area contributed by atoms with Gasteiger partial charge < -0.3 is 5.73 Å². The van der Waals surface area contributed by atoms with Crippen LogP contribution in [0.15, 0.2) is 30.3 Å². The van der Waals surface area contributed by atoms with Crippen molar-refractivity contribution >= 4 is 0 Å². The van der Waals surface area contributed by atoms with Crippen LogP contribution in [0.3, 0.4) is 0 Å². The van der Waals surface area contributed by atoms with Crippen LogP contribution in [-0.4, -0.2) is 13.6 Å². The molecule has 3 heteroatoms. The first-order chi connectivity index (χ1) is 5.88. The molecule has 0 radical (unpaired) electrons. The quantitative estimate of drug-likeness (QED) is 0.566. The Hall–Kier alpha value is -0.900. The van der Waals surface area contributed by atoms with E-state index in [9.17, 15) is 0 Å². The van der Waals surface area contributed by atoms with Crippen molar-refractivity contribution in [3.8, 4) is 0 Å². The van der Waals surface area contributed by atoms with Gasteiger partial charge in [-0.15, -0.1) is 0 Å². The van der Waals surface area contributed by atoms with E-state index in [4.69, 9.17) is 5.73 Å². The van der Waals surface area contributed by atoms with E-state index in [1.165, 1.54) is 5.56 Å². The molecule has 0 bridgehead atoms. The second-order valence-corrected chi connectivity index (χ2v) is 2.59. The lowest BCUT2D eigenvalue weighted by molar-refractivity contribution is 0.482. The maximum absolute atomic E-state index is 5.59. The number of hydrazine groups is 1. The van der Waals surface area contributed by atoms with E-state index in [2.05, 4.69) is 23.0 Å². The summed E-state index contributed by atoms with van der Waals surface area (Å²) in [6.45, 7) is 0.588. The summed E-state index contributed by atoms with van der Waals surface area (Å²) in [5.74, 6) is 0. The topological polar surface area (TPSA) is 50.1 Å². The zero-order valence-electron chi connectivity index (χ0n) is 7.25. The smallest absolute Gasteiger partial charge is 0.0584 e. The minimum absolute atomic E-state index is 0.191. The summed E-state index contributed by atoms with van der Waals surface area (Å²) in [6, 6.07) is 10.3.